The lowest BCUT2D eigenvalue weighted by Gasteiger charge is -2.07. The summed E-state index contributed by atoms with van der Waals surface area (Å²) in [6.07, 6.45) is 2.25. The minimum absolute atomic E-state index is 0.0107. The van der Waals surface area contributed by atoms with Gasteiger partial charge in [0.15, 0.2) is 0 Å². The van der Waals surface area contributed by atoms with E-state index < -0.39 is 0 Å². The lowest BCUT2D eigenvalue weighted by molar-refractivity contribution is 0.0237. The quantitative estimate of drug-likeness (QED) is 0.569. The first-order valence-electron chi connectivity index (χ1n) is 3.53. The Kier molecular flexibility index (Phi) is 5.99. The van der Waals surface area contributed by atoms with E-state index in [4.69, 9.17) is 9.84 Å². The van der Waals surface area contributed by atoms with Crippen molar-refractivity contribution in [3.63, 3.8) is 0 Å². The summed E-state index contributed by atoms with van der Waals surface area (Å²) in [6.45, 7) is 4.89. The summed E-state index contributed by atoms with van der Waals surface area (Å²) in [4.78, 5) is 0. The highest BCUT2D eigenvalue weighted by atomic mass is 16.5. The topological polar surface area (TPSA) is 29.5 Å². The number of hydrogen-bond acceptors (Lipinski definition) is 2. The van der Waals surface area contributed by atoms with E-state index >= 15 is 0 Å². The van der Waals surface area contributed by atoms with Gasteiger partial charge in [0, 0.05) is 6.61 Å². The van der Waals surface area contributed by atoms with E-state index in [1.807, 2.05) is 6.92 Å². The molecule has 1 unspecified atom stereocenters. The molecule has 0 amide bonds. The molecule has 56 valence electrons. The maximum absolute atomic E-state index is 8.51. The Morgan fingerprint density at radius 1 is 1.56 bits per heavy atom. The van der Waals surface area contributed by atoms with Gasteiger partial charge in [-0.15, -0.1) is 0 Å². The summed E-state index contributed by atoms with van der Waals surface area (Å²) in [6, 6.07) is 0. The maximum atomic E-state index is 8.51. The summed E-state index contributed by atoms with van der Waals surface area (Å²) < 4.78 is 5.18. The first kappa shape index (κ1) is 8.92. The molecule has 0 aliphatic rings. The van der Waals surface area contributed by atoms with Crippen LogP contribution in [0.5, 0.6) is 0 Å². The van der Waals surface area contributed by atoms with E-state index in [0.29, 0.717) is 0 Å². The zero-order valence-electron chi connectivity index (χ0n) is 6.26. The molecular weight excluding hydrogens is 116 g/mol. The molecule has 0 saturated heterocycles. The highest BCUT2D eigenvalue weighted by molar-refractivity contribution is 4.43. The van der Waals surface area contributed by atoms with Crippen molar-refractivity contribution in [1.29, 1.82) is 0 Å². The minimum atomic E-state index is 0.0107. The smallest absolute Gasteiger partial charge is 0.0777 e. The van der Waals surface area contributed by atoms with Gasteiger partial charge in [0.05, 0.1) is 12.7 Å². The largest absolute Gasteiger partial charge is 0.394 e. The maximum Gasteiger partial charge on any atom is 0.0777 e. The summed E-state index contributed by atoms with van der Waals surface area (Å²) >= 11 is 0. The molecule has 2 heteroatoms. The second-order valence-corrected chi connectivity index (χ2v) is 2.22. The molecule has 0 aliphatic heterocycles. The number of aliphatic hydroxyl groups is 1. The van der Waals surface area contributed by atoms with Gasteiger partial charge in [-0.3, -0.25) is 0 Å². The Labute approximate surface area is 56.8 Å². The molecule has 0 spiro atoms. The number of aliphatic hydroxyl groups excluding tert-OH is 1. The minimum Gasteiger partial charge on any atom is -0.394 e. The fraction of sp³-hybridized carbons (Fsp3) is 1.00. The molecule has 0 aliphatic carbocycles. The van der Waals surface area contributed by atoms with Crippen molar-refractivity contribution < 1.29 is 9.84 Å². The molecule has 0 saturated carbocycles. The molecule has 9 heavy (non-hydrogen) atoms. The fourth-order valence-corrected chi connectivity index (χ4v) is 0.482. The third-order valence-electron chi connectivity index (χ3n) is 1.16. The molecule has 1 atom stereocenters. The average molecular weight is 132 g/mol. The van der Waals surface area contributed by atoms with Crippen molar-refractivity contribution in [2.24, 2.45) is 0 Å². The Hall–Kier alpha value is -0.0800. The van der Waals surface area contributed by atoms with Gasteiger partial charge in [-0.05, 0) is 13.3 Å². The SMILES string of the molecule is CCCCOC(C)CO. The molecule has 0 aromatic rings. The van der Waals surface area contributed by atoms with Crippen LogP contribution in [0.2, 0.25) is 0 Å². The Morgan fingerprint density at radius 3 is 2.67 bits per heavy atom. The summed E-state index contributed by atoms with van der Waals surface area (Å²) in [5, 5.41) is 8.51. The van der Waals surface area contributed by atoms with Gasteiger partial charge in [0.2, 0.25) is 0 Å². The van der Waals surface area contributed by atoms with Gasteiger partial charge in [-0.1, -0.05) is 13.3 Å². The standard InChI is InChI=1S/C7H16O2/c1-3-4-5-9-7(2)6-8/h7-8H,3-6H2,1-2H3. The molecule has 0 heterocycles. The van der Waals surface area contributed by atoms with Crippen molar-refractivity contribution in [3.05, 3.63) is 0 Å². The Bertz CT molecular complexity index is 54.9. The van der Waals surface area contributed by atoms with Crippen molar-refractivity contribution in [2.45, 2.75) is 32.8 Å². The van der Waals surface area contributed by atoms with Crippen molar-refractivity contribution >= 4 is 0 Å². The predicted molar refractivity (Wildman–Crippen MR) is 37.4 cm³/mol. The van der Waals surface area contributed by atoms with Crippen LogP contribution < -0.4 is 0 Å². The van der Waals surface area contributed by atoms with E-state index in [2.05, 4.69) is 6.92 Å². The summed E-state index contributed by atoms with van der Waals surface area (Å²) in [5.41, 5.74) is 0. The van der Waals surface area contributed by atoms with Crippen LogP contribution in [0, 0.1) is 0 Å². The molecule has 0 aromatic heterocycles. The van der Waals surface area contributed by atoms with Gasteiger partial charge in [0.25, 0.3) is 0 Å². The molecule has 0 radical (unpaired) electrons. The van der Waals surface area contributed by atoms with Crippen LogP contribution in [0.4, 0.5) is 0 Å². The van der Waals surface area contributed by atoms with Crippen LogP contribution in [0.15, 0.2) is 0 Å². The molecule has 0 rings (SSSR count). The van der Waals surface area contributed by atoms with Gasteiger partial charge < -0.3 is 9.84 Å². The van der Waals surface area contributed by atoms with Gasteiger partial charge in [-0.25, -0.2) is 0 Å². The molecule has 0 fully saturated rings. The number of hydrogen-bond donors (Lipinski definition) is 1. The average Bonchev–Trinajstić information content (AvgIpc) is 1.89. The van der Waals surface area contributed by atoms with Crippen molar-refractivity contribution in [3.8, 4) is 0 Å². The predicted octanol–water partition coefficient (Wildman–Crippen LogP) is 1.18. The van der Waals surface area contributed by atoms with Crippen molar-refractivity contribution in [2.75, 3.05) is 13.2 Å². The van der Waals surface area contributed by atoms with Gasteiger partial charge >= 0.3 is 0 Å². The normalized spacial score (nSPS) is 13.7. The van der Waals surface area contributed by atoms with E-state index in [1.165, 1.54) is 0 Å². The first-order valence-corrected chi connectivity index (χ1v) is 3.53. The van der Waals surface area contributed by atoms with Crippen LogP contribution in [-0.4, -0.2) is 24.4 Å². The second kappa shape index (κ2) is 6.05. The third-order valence-corrected chi connectivity index (χ3v) is 1.16. The number of ether oxygens (including phenoxy) is 1. The van der Waals surface area contributed by atoms with Crippen molar-refractivity contribution in [1.82, 2.24) is 0 Å². The molecule has 0 bridgehead atoms. The fourth-order valence-electron chi connectivity index (χ4n) is 0.482. The lowest BCUT2D eigenvalue weighted by atomic mass is 10.3. The summed E-state index contributed by atoms with van der Waals surface area (Å²) in [7, 11) is 0. The van der Waals surface area contributed by atoms with E-state index in [0.717, 1.165) is 19.4 Å². The lowest BCUT2D eigenvalue weighted by Crippen LogP contribution is -2.13. The molecule has 1 N–H and O–H groups in total. The van der Waals surface area contributed by atoms with Gasteiger partial charge in [-0.2, -0.15) is 0 Å². The van der Waals surface area contributed by atoms with E-state index in [-0.39, 0.29) is 12.7 Å². The zero-order valence-corrected chi connectivity index (χ0v) is 6.26. The van der Waals surface area contributed by atoms with E-state index in [1.54, 1.807) is 0 Å². The monoisotopic (exact) mass is 132 g/mol. The second-order valence-electron chi connectivity index (χ2n) is 2.22. The first-order chi connectivity index (χ1) is 4.31. The molecular formula is C7H16O2. The van der Waals surface area contributed by atoms with E-state index in [9.17, 15) is 0 Å². The number of rotatable bonds is 5. The van der Waals surface area contributed by atoms with Crippen LogP contribution in [0.25, 0.3) is 0 Å². The third kappa shape index (κ3) is 5.80. The highest BCUT2D eigenvalue weighted by Crippen LogP contribution is 1.92. The van der Waals surface area contributed by atoms with Crippen LogP contribution in [-0.2, 0) is 4.74 Å². The molecule has 2 nitrogen and oxygen atoms in total. The van der Waals surface area contributed by atoms with Crippen LogP contribution >= 0.6 is 0 Å². The van der Waals surface area contributed by atoms with Crippen LogP contribution in [0.3, 0.4) is 0 Å². The Morgan fingerprint density at radius 2 is 2.22 bits per heavy atom. The van der Waals surface area contributed by atoms with Crippen LogP contribution in [0.1, 0.15) is 26.7 Å². The number of unbranched alkanes of at least 4 members (excludes halogenated alkanes) is 1. The summed E-state index contributed by atoms with van der Waals surface area (Å²) in [5.74, 6) is 0. The zero-order chi connectivity index (χ0) is 7.11. The Balaban J connectivity index is 2.88. The molecule has 0 aromatic carbocycles. The van der Waals surface area contributed by atoms with Gasteiger partial charge in [0.1, 0.15) is 0 Å². The highest BCUT2D eigenvalue weighted by Gasteiger charge is 1.96.